The predicted molar refractivity (Wildman–Crippen MR) is 55.1 cm³/mol. The summed E-state index contributed by atoms with van der Waals surface area (Å²) in [6.45, 7) is 1.63. The van der Waals surface area contributed by atoms with E-state index in [0.29, 0.717) is 10.0 Å². The van der Waals surface area contributed by atoms with Gasteiger partial charge in [0.25, 0.3) is 0 Å². The summed E-state index contributed by atoms with van der Waals surface area (Å²) < 4.78 is 0. The molecule has 72 valence electrons. The SMILES string of the molecule is CC(O)C(N)c1ccc(Cl)c(Cl)c1. The van der Waals surface area contributed by atoms with Crippen molar-refractivity contribution in [2.45, 2.75) is 19.1 Å². The molecule has 0 saturated heterocycles. The van der Waals surface area contributed by atoms with Gasteiger partial charge in [0, 0.05) is 0 Å². The Morgan fingerprint density at radius 1 is 1.31 bits per heavy atom. The molecule has 0 bridgehead atoms. The fraction of sp³-hybridized carbons (Fsp3) is 0.333. The van der Waals surface area contributed by atoms with Crippen LogP contribution in [0.4, 0.5) is 0 Å². The van der Waals surface area contributed by atoms with Crippen molar-refractivity contribution < 1.29 is 5.11 Å². The van der Waals surface area contributed by atoms with Crippen LogP contribution in [0.3, 0.4) is 0 Å². The van der Waals surface area contributed by atoms with E-state index in [0.717, 1.165) is 5.56 Å². The van der Waals surface area contributed by atoms with Gasteiger partial charge < -0.3 is 10.8 Å². The van der Waals surface area contributed by atoms with E-state index in [1.54, 1.807) is 25.1 Å². The first-order chi connectivity index (χ1) is 6.02. The molecule has 2 unspecified atom stereocenters. The first-order valence-electron chi connectivity index (χ1n) is 3.91. The molecular weight excluding hydrogens is 209 g/mol. The van der Waals surface area contributed by atoms with Gasteiger partial charge in [-0.25, -0.2) is 0 Å². The van der Waals surface area contributed by atoms with Crippen LogP contribution in [0.15, 0.2) is 18.2 Å². The molecule has 0 spiro atoms. The van der Waals surface area contributed by atoms with E-state index >= 15 is 0 Å². The number of aliphatic hydroxyl groups is 1. The number of nitrogens with two attached hydrogens (primary N) is 1. The largest absolute Gasteiger partial charge is 0.391 e. The Kier molecular flexibility index (Phi) is 3.56. The number of benzene rings is 1. The lowest BCUT2D eigenvalue weighted by molar-refractivity contribution is 0.164. The highest BCUT2D eigenvalue weighted by atomic mass is 35.5. The molecule has 1 rings (SSSR count). The second-order valence-corrected chi connectivity index (χ2v) is 3.75. The third kappa shape index (κ3) is 2.58. The second-order valence-electron chi connectivity index (χ2n) is 2.94. The van der Waals surface area contributed by atoms with Crippen LogP contribution in [0.25, 0.3) is 0 Å². The number of hydrogen-bond donors (Lipinski definition) is 2. The molecule has 0 amide bonds. The topological polar surface area (TPSA) is 46.2 Å². The molecule has 0 saturated carbocycles. The van der Waals surface area contributed by atoms with Crippen LogP contribution in [0.5, 0.6) is 0 Å². The molecule has 0 aromatic heterocycles. The molecule has 0 aliphatic carbocycles. The van der Waals surface area contributed by atoms with Crippen molar-refractivity contribution >= 4 is 23.2 Å². The highest BCUT2D eigenvalue weighted by molar-refractivity contribution is 6.42. The molecular formula is C9H11Cl2NO. The minimum Gasteiger partial charge on any atom is -0.391 e. The standard InChI is InChI=1S/C9H11Cl2NO/c1-5(13)9(12)6-2-3-7(10)8(11)4-6/h2-5,9,13H,12H2,1H3. The third-order valence-electron chi connectivity index (χ3n) is 1.85. The molecule has 0 heterocycles. The van der Waals surface area contributed by atoms with Gasteiger partial charge in [-0.2, -0.15) is 0 Å². The molecule has 2 nitrogen and oxygen atoms in total. The summed E-state index contributed by atoms with van der Waals surface area (Å²) in [4.78, 5) is 0. The van der Waals surface area contributed by atoms with Gasteiger partial charge in [0.2, 0.25) is 0 Å². The lowest BCUT2D eigenvalue weighted by Gasteiger charge is -2.15. The van der Waals surface area contributed by atoms with Crippen molar-refractivity contribution in [3.8, 4) is 0 Å². The van der Waals surface area contributed by atoms with Gasteiger partial charge in [0.15, 0.2) is 0 Å². The Morgan fingerprint density at radius 2 is 1.92 bits per heavy atom. The Bertz CT molecular complexity index is 302. The van der Waals surface area contributed by atoms with Crippen molar-refractivity contribution in [1.29, 1.82) is 0 Å². The van der Waals surface area contributed by atoms with Crippen molar-refractivity contribution in [2.75, 3.05) is 0 Å². The van der Waals surface area contributed by atoms with E-state index in [1.165, 1.54) is 0 Å². The predicted octanol–water partition coefficient (Wildman–Crippen LogP) is 2.37. The van der Waals surface area contributed by atoms with Gasteiger partial charge in [-0.15, -0.1) is 0 Å². The summed E-state index contributed by atoms with van der Waals surface area (Å²) in [7, 11) is 0. The molecule has 0 aliphatic rings. The third-order valence-corrected chi connectivity index (χ3v) is 2.59. The van der Waals surface area contributed by atoms with Crippen LogP contribution in [-0.2, 0) is 0 Å². The maximum absolute atomic E-state index is 9.23. The first kappa shape index (κ1) is 10.8. The van der Waals surface area contributed by atoms with E-state index in [4.69, 9.17) is 28.9 Å². The number of aliphatic hydroxyl groups excluding tert-OH is 1. The van der Waals surface area contributed by atoms with Gasteiger partial charge in [0.1, 0.15) is 0 Å². The van der Waals surface area contributed by atoms with E-state index in [1.807, 2.05) is 0 Å². The van der Waals surface area contributed by atoms with Gasteiger partial charge in [-0.3, -0.25) is 0 Å². The minimum absolute atomic E-state index is 0.422. The molecule has 0 radical (unpaired) electrons. The minimum atomic E-state index is -0.600. The Morgan fingerprint density at radius 3 is 2.38 bits per heavy atom. The van der Waals surface area contributed by atoms with Crippen molar-refractivity contribution in [3.63, 3.8) is 0 Å². The maximum atomic E-state index is 9.23. The molecule has 2 atom stereocenters. The van der Waals surface area contributed by atoms with Crippen LogP contribution >= 0.6 is 23.2 Å². The lowest BCUT2D eigenvalue weighted by atomic mass is 10.0. The Hall–Kier alpha value is -0.280. The molecule has 0 aliphatic heterocycles. The van der Waals surface area contributed by atoms with Gasteiger partial charge in [-0.1, -0.05) is 29.3 Å². The van der Waals surface area contributed by atoms with Crippen LogP contribution in [-0.4, -0.2) is 11.2 Å². The van der Waals surface area contributed by atoms with Gasteiger partial charge in [0.05, 0.1) is 22.2 Å². The van der Waals surface area contributed by atoms with Gasteiger partial charge in [-0.05, 0) is 24.6 Å². The normalized spacial score (nSPS) is 15.5. The van der Waals surface area contributed by atoms with Crippen LogP contribution in [0, 0.1) is 0 Å². The highest BCUT2D eigenvalue weighted by Crippen LogP contribution is 2.25. The van der Waals surface area contributed by atoms with Gasteiger partial charge >= 0.3 is 0 Å². The van der Waals surface area contributed by atoms with E-state index < -0.39 is 12.1 Å². The summed E-state index contributed by atoms with van der Waals surface area (Å²) >= 11 is 11.5. The lowest BCUT2D eigenvalue weighted by Crippen LogP contribution is -2.22. The number of hydrogen-bond acceptors (Lipinski definition) is 2. The zero-order valence-corrected chi connectivity index (χ0v) is 8.68. The Labute approximate surface area is 87.3 Å². The average Bonchev–Trinajstić information content (AvgIpc) is 2.08. The molecule has 3 N–H and O–H groups in total. The van der Waals surface area contributed by atoms with Crippen molar-refractivity contribution in [1.82, 2.24) is 0 Å². The molecule has 1 aromatic rings. The average molecular weight is 220 g/mol. The van der Waals surface area contributed by atoms with Crippen LogP contribution < -0.4 is 5.73 Å². The van der Waals surface area contributed by atoms with Crippen LogP contribution in [0.1, 0.15) is 18.5 Å². The second kappa shape index (κ2) is 4.29. The summed E-state index contributed by atoms with van der Waals surface area (Å²) in [6.07, 6.45) is -0.600. The summed E-state index contributed by atoms with van der Waals surface area (Å²) in [5.41, 5.74) is 6.49. The summed E-state index contributed by atoms with van der Waals surface area (Å²) in [6, 6.07) is 4.67. The number of halogens is 2. The van der Waals surface area contributed by atoms with Crippen molar-refractivity contribution in [2.24, 2.45) is 5.73 Å². The molecule has 1 aromatic carbocycles. The number of rotatable bonds is 2. The fourth-order valence-corrected chi connectivity index (χ4v) is 1.30. The molecule has 0 fully saturated rings. The molecule has 4 heteroatoms. The maximum Gasteiger partial charge on any atom is 0.0704 e. The van der Waals surface area contributed by atoms with Crippen LogP contribution in [0.2, 0.25) is 10.0 Å². The molecule has 13 heavy (non-hydrogen) atoms. The quantitative estimate of drug-likeness (QED) is 0.803. The summed E-state index contributed by atoms with van der Waals surface area (Å²) in [5.74, 6) is 0. The van der Waals surface area contributed by atoms with Crippen molar-refractivity contribution in [3.05, 3.63) is 33.8 Å². The highest BCUT2D eigenvalue weighted by Gasteiger charge is 2.12. The summed E-state index contributed by atoms with van der Waals surface area (Å²) in [5, 5.41) is 10.2. The zero-order valence-electron chi connectivity index (χ0n) is 7.17. The van der Waals surface area contributed by atoms with E-state index in [-0.39, 0.29) is 0 Å². The first-order valence-corrected chi connectivity index (χ1v) is 4.66. The fourth-order valence-electron chi connectivity index (χ4n) is 0.998. The smallest absolute Gasteiger partial charge is 0.0704 e. The monoisotopic (exact) mass is 219 g/mol. The zero-order chi connectivity index (χ0) is 10.0. The Balaban J connectivity index is 2.97. The van der Waals surface area contributed by atoms with E-state index in [2.05, 4.69) is 0 Å². The van der Waals surface area contributed by atoms with E-state index in [9.17, 15) is 5.11 Å².